The minimum atomic E-state index is -3.96. The van der Waals surface area contributed by atoms with Crippen molar-refractivity contribution in [3.8, 4) is 11.5 Å². The maximum absolute atomic E-state index is 12.5. The molecule has 0 aliphatic rings. The first kappa shape index (κ1) is 20.2. The highest BCUT2D eigenvalue weighted by Crippen LogP contribution is 2.33. The quantitative estimate of drug-likeness (QED) is 0.440. The molecule has 0 heterocycles. The molecule has 0 spiro atoms. The van der Waals surface area contributed by atoms with Crippen LogP contribution in [0.15, 0.2) is 34.3 Å². The average molecular weight is 393 g/mol. The maximum Gasteiger partial charge on any atom is 0.277 e. The second-order valence-electron chi connectivity index (χ2n) is 5.92. The van der Waals surface area contributed by atoms with Crippen molar-refractivity contribution in [1.82, 2.24) is 4.83 Å². The number of methoxy groups -OCH3 is 1. The summed E-state index contributed by atoms with van der Waals surface area (Å²) in [4.78, 5) is 12.5. The van der Waals surface area contributed by atoms with Gasteiger partial charge in [-0.2, -0.15) is 13.5 Å². The van der Waals surface area contributed by atoms with Crippen molar-refractivity contribution in [3.63, 3.8) is 0 Å². The minimum Gasteiger partial charge on any atom is -0.504 e. The normalized spacial score (nSPS) is 11.6. The van der Waals surface area contributed by atoms with Crippen molar-refractivity contribution in [3.05, 3.63) is 56.6 Å². The van der Waals surface area contributed by atoms with Crippen molar-refractivity contribution in [2.45, 2.75) is 25.7 Å². The number of nitro benzene ring substituents is 1. The Kier molecular flexibility index (Phi) is 5.69. The molecule has 2 rings (SSSR count). The lowest BCUT2D eigenvalue weighted by Crippen LogP contribution is -2.20. The van der Waals surface area contributed by atoms with Crippen LogP contribution < -0.4 is 9.57 Å². The molecular weight excluding hydrogens is 374 g/mol. The van der Waals surface area contributed by atoms with Gasteiger partial charge in [-0.1, -0.05) is 17.7 Å². The van der Waals surface area contributed by atoms with Gasteiger partial charge in [-0.05, 0) is 31.9 Å². The van der Waals surface area contributed by atoms with Crippen molar-refractivity contribution < 1.29 is 23.2 Å². The Labute approximate surface area is 156 Å². The van der Waals surface area contributed by atoms with Crippen LogP contribution in [0.5, 0.6) is 11.5 Å². The number of rotatable bonds is 6. The van der Waals surface area contributed by atoms with E-state index in [0.717, 1.165) is 23.9 Å². The Morgan fingerprint density at radius 3 is 2.30 bits per heavy atom. The first-order chi connectivity index (χ1) is 12.6. The van der Waals surface area contributed by atoms with Crippen molar-refractivity contribution in [2.24, 2.45) is 5.10 Å². The van der Waals surface area contributed by atoms with Crippen LogP contribution in [0.4, 0.5) is 5.69 Å². The van der Waals surface area contributed by atoms with E-state index in [9.17, 15) is 23.6 Å². The van der Waals surface area contributed by atoms with Crippen LogP contribution in [0.3, 0.4) is 0 Å². The highest BCUT2D eigenvalue weighted by atomic mass is 32.2. The van der Waals surface area contributed by atoms with Crippen molar-refractivity contribution in [2.75, 3.05) is 7.11 Å². The Morgan fingerprint density at radius 1 is 1.19 bits per heavy atom. The summed E-state index contributed by atoms with van der Waals surface area (Å²) >= 11 is 0. The van der Waals surface area contributed by atoms with Gasteiger partial charge in [-0.25, -0.2) is 4.83 Å². The van der Waals surface area contributed by atoms with Gasteiger partial charge in [0.25, 0.3) is 15.7 Å². The fourth-order valence-electron chi connectivity index (χ4n) is 2.78. The van der Waals surface area contributed by atoms with Crippen molar-refractivity contribution >= 4 is 21.9 Å². The molecule has 9 nitrogen and oxygen atoms in total. The van der Waals surface area contributed by atoms with E-state index in [1.165, 1.54) is 7.11 Å². The molecule has 27 heavy (non-hydrogen) atoms. The van der Waals surface area contributed by atoms with E-state index < -0.39 is 20.7 Å². The molecule has 2 aromatic rings. The molecule has 0 aromatic heterocycles. The molecule has 0 unspecified atom stereocenters. The van der Waals surface area contributed by atoms with Crippen LogP contribution in [-0.4, -0.2) is 31.8 Å². The summed E-state index contributed by atoms with van der Waals surface area (Å²) in [5.41, 5.74) is 1.66. The summed E-state index contributed by atoms with van der Waals surface area (Å²) in [6.45, 7) is 5.21. The average Bonchev–Trinajstić information content (AvgIpc) is 2.54. The van der Waals surface area contributed by atoms with Gasteiger partial charge in [-0.3, -0.25) is 10.1 Å². The van der Waals surface area contributed by atoms with Crippen LogP contribution in [0.2, 0.25) is 0 Å². The molecule has 0 bridgehead atoms. The van der Waals surface area contributed by atoms with E-state index in [2.05, 4.69) is 9.93 Å². The van der Waals surface area contributed by atoms with Gasteiger partial charge < -0.3 is 9.84 Å². The highest BCUT2D eigenvalue weighted by Gasteiger charge is 2.20. The van der Waals surface area contributed by atoms with Crippen LogP contribution in [0.25, 0.3) is 0 Å². The molecule has 0 aliphatic heterocycles. The Morgan fingerprint density at radius 2 is 1.78 bits per heavy atom. The molecule has 0 saturated heterocycles. The van der Waals surface area contributed by atoms with E-state index in [1.54, 1.807) is 26.0 Å². The van der Waals surface area contributed by atoms with Gasteiger partial charge in [0.15, 0.2) is 11.5 Å². The third kappa shape index (κ3) is 4.34. The number of phenolic OH excluding ortho intramolecular Hbond substituents is 1. The predicted octanol–water partition coefficient (Wildman–Crippen LogP) is 2.55. The number of nitro groups is 1. The van der Waals surface area contributed by atoms with Gasteiger partial charge in [0, 0.05) is 11.6 Å². The fourth-order valence-corrected chi connectivity index (χ4v) is 4.02. The molecule has 0 atom stereocenters. The lowest BCUT2D eigenvalue weighted by molar-refractivity contribution is -0.385. The van der Waals surface area contributed by atoms with Crippen LogP contribution >= 0.6 is 0 Å². The number of sulfonamides is 1. The lowest BCUT2D eigenvalue weighted by atomic mass is 10.1. The number of nitrogens with zero attached hydrogens (tertiary/aromatic N) is 2. The number of hydrogen-bond acceptors (Lipinski definition) is 7. The number of aryl methyl sites for hydroxylation is 3. The van der Waals surface area contributed by atoms with E-state index in [4.69, 9.17) is 4.74 Å². The fraction of sp³-hybridized carbons (Fsp3) is 0.235. The van der Waals surface area contributed by atoms with Gasteiger partial charge in [-0.15, -0.1) is 0 Å². The number of aromatic hydroxyl groups is 1. The zero-order chi connectivity index (χ0) is 20.4. The van der Waals surface area contributed by atoms with Crippen LogP contribution in [0, 0.1) is 30.9 Å². The highest BCUT2D eigenvalue weighted by molar-refractivity contribution is 7.89. The SMILES string of the molecule is COc1cc([N+](=O)[O-])cc(/C=N/NS(=O)(=O)c2c(C)cc(C)cc2C)c1O. The molecule has 2 aromatic carbocycles. The number of phenols is 1. The molecule has 10 heteroatoms. The molecule has 0 aliphatic carbocycles. The zero-order valence-electron chi connectivity index (χ0n) is 15.2. The molecule has 0 saturated carbocycles. The summed E-state index contributed by atoms with van der Waals surface area (Å²) in [7, 11) is -2.72. The van der Waals surface area contributed by atoms with Crippen LogP contribution in [0.1, 0.15) is 22.3 Å². The third-order valence-electron chi connectivity index (χ3n) is 3.77. The maximum atomic E-state index is 12.5. The summed E-state index contributed by atoms with van der Waals surface area (Å²) < 4.78 is 30.0. The standard InChI is InChI=1S/C17H19N3O6S/c1-10-5-11(2)17(12(3)6-10)27(24,25)19-18-9-13-7-14(20(22)23)8-15(26-4)16(13)21/h5-9,19,21H,1-4H3/b18-9+. The topological polar surface area (TPSA) is 131 Å². The first-order valence-electron chi connectivity index (χ1n) is 7.75. The lowest BCUT2D eigenvalue weighted by Gasteiger charge is -2.11. The van der Waals surface area contributed by atoms with Crippen LogP contribution in [-0.2, 0) is 10.0 Å². The molecule has 2 N–H and O–H groups in total. The molecule has 0 fully saturated rings. The molecular formula is C17H19N3O6S. The van der Waals surface area contributed by atoms with Gasteiger partial charge in [0.2, 0.25) is 0 Å². The van der Waals surface area contributed by atoms with Gasteiger partial charge >= 0.3 is 0 Å². The summed E-state index contributed by atoms with van der Waals surface area (Å²) in [6, 6.07) is 5.58. The van der Waals surface area contributed by atoms with E-state index >= 15 is 0 Å². The van der Waals surface area contributed by atoms with Gasteiger partial charge in [0.1, 0.15) is 0 Å². The number of ether oxygens (including phenoxy) is 1. The zero-order valence-corrected chi connectivity index (χ0v) is 16.0. The predicted molar refractivity (Wildman–Crippen MR) is 99.9 cm³/mol. The number of non-ortho nitro benzene ring substituents is 1. The second kappa shape index (κ2) is 7.62. The number of hydrazone groups is 1. The van der Waals surface area contributed by atoms with E-state index in [1.807, 2.05) is 6.92 Å². The monoisotopic (exact) mass is 393 g/mol. The summed E-state index contributed by atoms with van der Waals surface area (Å²) in [6.07, 6.45) is 0.973. The molecule has 144 valence electrons. The smallest absolute Gasteiger partial charge is 0.277 e. The number of benzene rings is 2. The van der Waals surface area contributed by atoms with E-state index in [0.29, 0.717) is 11.1 Å². The second-order valence-corrected chi connectivity index (χ2v) is 7.52. The molecule has 0 amide bonds. The van der Waals surface area contributed by atoms with Gasteiger partial charge in [0.05, 0.1) is 29.2 Å². The van der Waals surface area contributed by atoms with Crippen molar-refractivity contribution in [1.29, 1.82) is 0 Å². The largest absolute Gasteiger partial charge is 0.504 e. The minimum absolute atomic E-state index is 0.0684. The first-order valence-corrected chi connectivity index (χ1v) is 9.23. The Balaban J connectivity index is 2.38. The summed E-state index contributed by atoms with van der Waals surface area (Å²) in [5.74, 6) is -0.521. The van der Waals surface area contributed by atoms with E-state index in [-0.39, 0.29) is 21.9 Å². The number of nitrogens with one attached hydrogen (secondary N) is 1. The number of hydrogen-bond donors (Lipinski definition) is 2. The molecule has 0 radical (unpaired) electrons. The third-order valence-corrected chi connectivity index (χ3v) is 5.30. The Bertz CT molecular complexity index is 1010. The summed E-state index contributed by atoms with van der Waals surface area (Å²) in [5, 5.41) is 24.6. The Hall–Kier alpha value is -3.14.